The van der Waals surface area contributed by atoms with Crippen LogP contribution in [0.1, 0.15) is 76.0 Å². The van der Waals surface area contributed by atoms with Gasteiger partial charge in [0.2, 0.25) is 0 Å². The highest BCUT2D eigenvalue weighted by Crippen LogP contribution is 2.39. The second kappa shape index (κ2) is 9.67. The number of hydrogen-bond donors (Lipinski definition) is 0. The van der Waals surface area contributed by atoms with Gasteiger partial charge in [0.25, 0.3) is 0 Å². The number of fused-ring (bicyclic) bond motifs is 2. The van der Waals surface area contributed by atoms with Gasteiger partial charge in [0, 0.05) is 22.9 Å². The van der Waals surface area contributed by atoms with Crippen LogP contribution in [0.15, 0.2) is 54.7 Å². The van der Waals surface area contributed by atoms with Crippen LogP contribution in [0.25, 0.3) is 21.8 Å². The Bertz CT molecular complexity index is 1540. The maximum atomic E-state index is 13.6. The first-order valence-electron chi connectivity index (χ1n) is 12.5. The second-order valence-corrected chi connectivity index (χ2v) is 11.3. The van der Waals surface area contributed by atoms with Gasteiger partial charge in [-0.3, -0.25) is 4.57 Å². The molecule has 0 fully saturated rings. The molecular formula is C30H34N2O6. The van der Waals surface area contributed by atoms with Crippen molar-refractivity contribution in [1.82, 2.24) is 9.13 Å². The maximum Gasteiger partial charge on any atom is 0.419 e. The molecule has 1 atom stereocenters. The molecule has 8 nitrogen and oxygen atoms in total. The highest BCUT2D eigenvalue weighted by Gasteiger charge is 2.33. The van der Waals surface area contributed by atoms with Crippen molar-refractivity contribution >= 4 is 40.0 Å². The molecule has 4 aromatic rings. The van der Waals surface area contributed by atoms with E-state index in [1.54, 1.807) is 51.2 Å². The third kappa shape index (κ3) is 5.03. The van der Waals surface area contributed by atoms with Gasteiger partial charge in [-0.25, -0.2) is 19.0 Å². The molecule has 1 unspecified atom stereocenters. The van der Waals surface area contributed by atoms with Crippen molar-refractivity contribution in [2.24, 2.45) is 0 Å². The Morgan fingerprint density at radius 2 is 1.29 bits per heavy atom. The Morgan fingerprint density at radius 3 is 1.87 bits per heavy atom. The summed E-state index contributed by atoms with van der Waals surface area (Å²) in [5, 5.41) is 1.37. The average Bonchev–Trinajstić information content (AvgIpc) is 3.38. The quantitative estimate of drug-likeness (QED) is 0.212. The topological polar surface area (TPSA) is 88.8 Å². The summed E-state index contributed by atoms with van der Waals surface area (Å²) in [7, 11) is 1.31. The van der Waals surface area contributed by atoms with E-state index in [4.69, 9.17) is 14.2 Å². The number of para-hydroxylation sites is 2. The normalized spacial score (nSPS) is 12.9. The fourth-order valence-electron chi connectivity index (χ4n) is 4.65. The van der Waals surface area contributed by atoms with Gasteiger partial charge in [-0.05, 0) is 59.2 Å². The van der Waals surface area contributed by atoms with Crippen LogP contribution in [0.2, 0.25) is 0 Å². The van der Waals surface area contributed by atoms with Crippen molar-refractivity contribution in [2.75, 3.05) is 7.11 Å². The lowest BCUT2D eigenvalue weighted by atomic mass is 9.93. The van der Waals surface area contributed by atoms with Crippen molar-refractivity contribution in [2.45, 2.75) is 65.6 Å². The highest BCUT2D eigenvalue weighted by molar-refractivity contribution is 6.09. The molecule has 2 aromatic carbocycles. The van der Waals surface area contributed by atoms with Gasteiger partial charge >= 0.3 is 18.2 Å². The molecule has 0 N–H and O–H groups in total. The van der Waals surface area contributed by atoms with Gasteiger partial charge in [-0.15, -0.1) is 0 Å². The van der Waals surface area contributed by atoms with E-state index in [9.17, 15) is 14.4 Å². The molecule has 0 saturated heterocycles. The summed E-state index contributed by atoms with van der Waals surface area (Å²) in [5.74, 6) is -1.08. The predicted molar refractivity (Wildman–Crippen MR) is 146 cm³/mol. The molecule has 0 bridgehead atoms. The van der Waals surface area contributed by atoms with Crippen molar-refractivity contribution in [3.05, 3.63) is 71.5 Å². The molecule has 38 heavy (non-hydrogen) atoms. The number of carbonyl (C=O) groups excluding carboxylic acids is 3. The molecule has 4 rings (SSSR count). The van der Waals surface area contributed by atoms with E-state index < -0.39 is 35.3 Å². The van der Waals surface area contributed by atoms with Crippen molar-refractivity contribution < 1.29 is 28.6 Å². The van der Waals surface area contributed by atoms with E-state index in [0.717, 1.165) is 10.9 Å². The standard InChI is InChI=1S/C30H34N2O6/c1-18(21-17-31(27(34)37-29(2,3)4)22-15-11-9-13-19(21)22)25-24(26(33)36-8)20-14-10-12-16-23(20)32(25)28(35)38-30(5,6)7/h9-18H,1-8H3. The van der Waals surface area contributed by atoms with Crippen LogP contribution < -0.4 is 0 Å². The fourth-order valence-corrected chi connectivity index (χ4v) is 4.65. The first-order chi connectivity index (χ1) is 17.7. The minimum atomic E-state index is -0.763. The molecule has 8 heteroatoms. The van der Waals surface area contributed by atoms with E-state index in [-0.39, 0.29) is 5.56 Å². The Kier molecular flexibility index (Phi) is 6.86. The van der Waals surface area contributed by atoms with Crippen LogP contribution in [-0.4, -0.2) is 45.6 Å². The minimum Gasteiger partial charge on any atom is -0.465 e. The van der Waals surface area contributed by atoms with Crippen molar-refractivity contribution in [3.8, 4) is 0 Å². The minimum absolute atomic E-state index is 0.274. The Labute approximate surface area is 222 Å². The number of benzene rings is 2. The lowest BCUT2D eigenvalue weighted by Crippen LogP contribution is -2.29. The van der Waals surface area contributed by atoms with Gasteiger partial charge in [-0.1, -0.05) is 43.3 Å². The molecule has 0 amide bonds. The molecule has 0 aliphatic heterocycles. The monoisotopic (exact) mass is 518 g/mol. The highest BCUT2D eigenvalue weighted by atomic mass is 16.6. The Morgan fingerprint density at radius 1 is 0.763 bits per heavy atom. The molecule has 200 valence electrons. The molecule has 2 heterocycles. The van der Waals surface area contributed by atoms with E-state index in [2.05, 4.69) is 0 Å². The first-order valence-corrected chi connectivity index (χ1v) is 12.5. The number of carbonyl (C=O) groups is 3. The van der Waals surface area contributed by atoms with Crippen LogP contribution in [0.4, 0.5) is 9.59 Å². The third-order valence-electron chi connectivity index (χ3n) is 6.09. The number of esters is 1. The van der Waals surface area contributed by atoms with E-state index in [0.29, 0.717) is 22.1 Å². The van der Waals surface area contributed by atoms with Gasteiger partial charge in [0.05, 0.1) is 29.4 Å². The zero-order chi connectivity index (χ0) is 28.0. The lowest BCUT2D eigenvalue weighted by molar-refractivity contribution is 0.0526. The fraction of sp³-hybridized carbons (Fsp3) is 0.367. The zero-order valence-electron chi connectivity index (χ0n) is 23.1. The number of hydrogen-bond acceptors (Lipinski definition) is 6. The molecule has 2 aromatic heterocycles. The number of aromatic nitrogens is 2. The smallest absolute Gasteiger partial charge is 0.419 e. The zero-order valence-corrected chi connectivity index (χ0v) is 23.1. The second-order valence-electron chi connectivity index (χ2n) is 11.3. The average molecular weight is 519 g/mol. The van der Waals surface area contributed by atoms with Crippen molar-refractivity contribution in [1.29, 1.82) is 0 Å². The van der Waals surface area contributed by atoms with Gasteiger partial charge < -0.3 is 14.2 Å². The Balaban J connectivity index is 2.01. The third-order valence-corrected chi connectivity index (χ3v) is 6.09. The number of methoxy groups -OCH3 is 1. The molecule has 0 spiro atoms. The van der Waals surface area contributed by atoms with Gasteiger partial charge in [0.1, 0.15) is 11.2 Å². The van der Waals surface area contributed by atoms with E-state index in [1.165, 1.54) is 16.2 Å². The SMILES string of the molecule is COC(=O)c1c(C(C)c2cn(C(=O)OC(C)(C)C)c3ccccc23)n(C(=O)OC(C)(C)C)c2ccccc12. The summed E-state index contributed by atoms with van der Waals surface area (Å²) in [4.78, 5) is 39.9. The largest absolute Gasteiger partial charge is 0.465 e. The predicted octanol–water partition coefficient (Wildman–Crippen LogP) is 7.10. The number of rotatable bonds is 3. The van der Waals surface area contributed by atoms with Crippen LogP contribution in [0, 0.1) is 0 Å². The van der Waals surface area contributed by atoms with Crippen LogP contribution in [-0.2, 0) is 14.2 Å². The van der Waals surface area contributed by atoms with Crippen molar-refractivity contribution in [3.63, 3.8) is 0 Å². The maximum absolute atomic E-state index is 13.6. The lowest BCUT2D eigenvalue weighted by Gasteiger charge is -2.22. The first kappa shape index (κ1) is 27.0. The molecule has 0 aliphatic rings. The summed E-state index contributed by atoms with van der Waals surface area (Å²) in [5.41, 5.74) is 1.17. The van der Waals surface area contributed by atoms with Gasteiger partial charge in [0.15, 0.2) is 0 Å². The van der Waals surface area contributed by atoms with Gasteiger partial charge in [-0.2, -0.15) is 0 Å². The Hall–Kier alpha value is -4.07. The van der Waals surface area contributed by atoms with Crippen LogP contribution in [0.5, 0.6) is 0 Å². The summed E-state index contributed by atoms with van der Waals surface area (Å²) in [6.07, 6.45) is 0.580. The van der Waals surface area contributed by atoms with E-state index >= 15 is 0 Å². The summed E-state index contributed by atoms with van der Waals surface area (Å²) in [6, 6.07) is 14.6. The molecule has 0 saturated carbocycles. The van der Waals surface area contributed by atoms with Crippen LogP contribution >= 0.6 is 0 Å². The molecule has 0 aliphatic carbocycles. The molecule has 0 radical (unpaired) electrons. The summed E-state index contributed by atoms with van der Waals surface area (Å²) >= 11 is 0. The molecular weight excluding hydrogens is 484 g/mol. The van der Waals surface area contributed by atoms with E-state index in [1.807, 2.05) is 52.0 Å². The summed E-state index contributed by atoms with van der Waals surface area (Å²) in [6.45, 7) is 12.7. The summed E-state index contributed by atoms with van der Waals surface area (Å²) < 4.78 is 19.5. The van der Waals surface area contributed by atoms with Crippen LogP contribution in [0.3, 0.4) is 0 Å². The number of ether oxygens (including phenoxy) is 3. The number of nitrogens with zero attached hydrogens (tertiary/aromatic N) is 2.